The van der Waals surface area contributed by atoms with Crippen molar-refractivity contribution in [3.63, 3.8) is 0 Å². The second-order valence-corrected chi connectivity index (χ2v) is 4.99. The van der Waals surface area contributed by atoms with E-state index in [1.807, 2.05) is 6.07 Å². The summed E-state index contributed by atoms with van der Waals surface area (Å²) in [5, 5.41) is 6.66. The van der Waals surface area contributed by atoms with Crippen molar-refractivity contribution < 1.29 is 0 Å². The number of hydrogen-bond donors (Lipinski definition) is 2. The molecule has 0 spiro atoms. The lowest BCUT2D eigenvalue weighted by atomic mass is 10.2. The summed E-state index contributed by atoms with van der Waals surface area (Å²) in [7, 11) is 0. The molecule has 0 amide bonds. The molecule has 104 valence electrons. The number of benzene rings is 1. The fourth-order valence-electron chi connectivity index (χ4n) is 2.27. The first-order valence-electron chi connectivity index (χ1n) is 6.93. The smallest absolute Gasteiger partial charge is 0.135 e. The normalized spacial score (nSPS) is 15.2. The molecule has 0 atom stereocenters. The monoisotopic (exact) mass is 269 g/mol. The fourth-order valence-corrected chi connectivity index (χ4v) is 2.27. The van der Waals surface area contributed by atoms with Gasteiger partial charge in [-0.25, -0.2) is 9.97 Å². The van der Waals surface area contributed by atoms with Crippen LogP contribution >= 0.6 is 0 Å². The number of nitrogens with one attached hydrogen (secondary N) is 2. The molecule has 0 unspecified atom stereocenters. The molecular formula is C15H19N5. The Morgan fingerprint density at radius 3 is 2.60 bits per heavy atom. The van der Waals surface area contributed by atoms with Gasteiger partial charge in [-0.2, -0.15) is 0 Å². The van der Waals surface area contributed by atoms with Crippen molar-refractivity contribution in [2.45, 2.75) is 6.92 Å². The molecule has 2 heterocycles. The Balaban J connectivity index is 1.75. The molecule has 1 fully saturated rings. The van der Waals surface area contributed by atoms with E-state index in [0.717, 1.165) is 43.5 Å². The Bertz CT molecular complexity index is 561. The predicted octanol–water partition coefficient (Wildman–Crippen LogP) is 1.94. The zero-order chi connectivity index (χ0) is 13.8. The number of aryl methyl sites for hydroxylation is 1. The minimum atomic E-state index is 0.831. The topological polar surface area (TPSA) is 53.1 Å². The molecule has 5 nitrogen and oxygen atoms in total. The Morgan fingerprint density at radius 1 is 1.10 bits per heavy atom. The molecule has 2 aromatic rings. The van der Waals surface area contributed by atoms with Crippen LogP contribution in [0, 0.1) is 6.92 Å². The van der Waals surface area contributed by atoms with Crippen LogP contribution in [0.1, 0.15) is 5.56 Å². The molecule has 3 rings (SSSR count). The van der Waals surface area contributed by atoms with Crippen LogP contribution in [0.5, 0.6) is 0 Å². The lowest BCUT2D eigenvalue weighted by molar-refractivity contribution is 0.584. The third-order valence-corrected chi connectivity index (χ3v) is 3.42. The zero-order valence-corrected chi connectivity index (χ0v) is 11.6. The van der Waals surface area contributed by atoms with Crippen molar-refractivity contribution in [2.24, 2.45) is 0 Å². The molecule has 20 heavy (non-hydrogen) atoms. The molecule has 5 heteroatoms. The third-order valence-electron chi connectivity index (χ3n) is 3.42. The molecule has 2 N–H and O–H groups in total. The average Bonchev–Trinajstić information content (AvgIpc) is 2.51. The van der Waals surface area contributed by atoms with Gasteiger partial charge in [0.1, 0.15) is 18.0 Å². The summed E-state index contributed by atoms with van der Waals surface area (Å²) in [6, 6.07) is 10.3. The van der Waals surface area contributed by atoms with Crippen molar-refractivity contribution in [1.82, 2.24) is 15.3 Å². The van der Waals surface area contributed by atoms with Crippen LogP contribution in [0.15, 0.2) is 36.7 Å². The predicted molar refractivity (Wildman–Crippen MR) is 81.6 cm³/mol. The summed E-state index contributed by atoms with van der Waals surface area (Å²) in [5.74, 6) is 1.81. The largest absolute Gasteiger partial charge is 0.354 e. The highest BCUT2D eigenvalue weighted by atomic mass is 15.2. The lowest BCUT2D eigenvalue weighted by Crippen LogP contribution is -2.43. The van der Waals surface area contributed by atoms with Crippen molar-refractivity contribution in [3.8, 4) is 0 Å². The summed E-state index contributed by atoms with van der Waals surface area (Å²) in [6.07, 6.45) is 1.62. The first-order chi connectivity index (χ1) is 9.81. The van der Waals surface area contributed by atoms with Gasteiger partial charge in [0.2, 0.25) is 0 Å². The lowest BCUT2D eigenvalue weighted by Gasteiger charge is -2.28. The highest BCUT2D eigenvalue weighted by molar-refractivity contribution is 5.59. The Kier molecular flexibility index (Phi) is 3.78. The second-order valence-electron chi connectivity index (χ2n) is 4.99. The van der Waals surface area contributed by atoms with E-state index in [1.54, 1.807) is 6.33 Å². The Labute approximate surface area is 119 Å². The minimum Gasteiger partial charge on any atom is -0.354 e. The summed E-state index contributed by atoms with van der Waals surface area (Å²) >= 11 is 0. The van der Waals surface area contributed by atoms with Gasteiger partial charge in [0, 0.05) is 37.9 Å². The van der Waals surface area contributed by atoms with Gasteiger partial charge in [-0.3, -0.25) is 0 Å². The molecule has 1 aliphatic heterocycles. The van der Waals surface area contributed by atoms with E-state index < -0.39 is 0 Å². The van der Waals surface area contributed by atoms with Crippen LogP contribution in [0.25, 0.3) is 0 Å². The molecular weight excluding hydrogens is 250 g/mol. The fraction of sp³-hybridized carbons (Fsp3) is 0.333. The molecule has 1 saturated heterocycles. The summed E-state index contributed by atoms with van der Waals surface area (Å²) in [5.41, 5.74) is 2.29. The minimum absolute atomic E-state index is 0.831. The van der Waals surface area contributed by atoms with Gasteiger partial charge in [0.25, 0.3) is 0 Å². The Hall–Kier alpha value is -2.14. The van der Waals surface area contributed by atoms with E-state index in [4.69, 9.17) is 0 Å². The van der Waals surface area contributed by atoms with Crippen LogP contribution in [0.3, 0.4) is 0 Å². The van der Waals surface area contributed by atoms with Crippen LogP contribution in [-0.2, 0) is 0 Å². The zero-order valence-electron chi connectivity index (χ0n) is 11.6. The number of aromatic nitrogens is 2. The van der Waals surface area contributed by atoms with Gasteiger partial charge < -0.3 is 15.5 Å². The van der Waals surface area contributed by atoms with Crippen molar-refractivity contribution >= 4 is 17.3 Å². The number of piperazine rings is 1. The number of anilines is 3. The van der Waals surface area contributed by atoms with Crippen molar-refractivity contribution in [2.75, 3.05) is 36.4 Å². The van der Waals surface area contributed by atoms with Crippen LogP contribution in [0.2, 0.25) is 0 Å². The van der Waals surface area contributed by atoms with Gasteiger partial charge in [-0.15, -0.1) is 0 Å². The van der Waals surface area contributed by atoms with Crippen LogP contribution in [0.4, 0.5) is 17.3 Å². The molecule has 1 aromatic carbocycles. The second kappa shape index (κ2) is 5.88. The van der Waals surface area contributed by atoms with E-state index in [2.05, 4.69) is 56.7 Å². The van der Waals surface area contributed by atoms with E-state index in [-0.39, 0.29) is 0 Å². The van der Waals surface area contributed by atoms with E-state index in [0.29, 0.717) is 0 Å². The summed E-state index contributed by atoms with van der Waals surface area (Å²) in [6.45, 7) is 6.06. The van der Waals surface area contributed by atoms with Gasteiger partial charge in [0.05, 0.1) is 0 Å². The SMILES string of the molecule is Cc1ccc(Nc2cc(N3CCNCC3)ncn2)cc1. The first-order valence-corrected chi connectivity index (χ1v) is 6.93. The summed E-state index contributed by atoms with van der Waals surface area (Å²) < 4.78 is 0. The van der Waals surface area contributed by atoms with Gasteiger partial charge in [0.15, 0.2) is 0 Å². The van der Waals surface area contributed by atoms with Crippen molar-refractivity contribution in [1.29, 1.82) is 0 Å². The van der Waals surface area contributed by atoms with Gasteiger partial charge in [-0.1, -0.05) is 17.7 Å². The van der Waals surface area contributed by atoms with Gasteiger partial charge >= 0.3 is 0 Å². The number of rotatable bonds is 3. The maximum Gasteiger partial charge on any atom is 0.135 e. The number of nitrogens with zero attached hydrogens (tertiary/aromatic N) is 3. The maximum absolute atomic E-state index is 4.37. The van der Waals surface area contributed by atoms with E-state index in [1.165, 1.54) is 5.56 Å². The van der Waals surface area contributed by atoms with Crippen LogP contribution < -0.4 is 15.5 Å². The molecule has 0 bridgehead atoms. The number of hydrogen-bond acceptors (Lipinski definition) is 5. The summed E-state index contributed by atoms with van der Waals surface area (Å²) in [4.78, 5) is 10.9. The van der Waals surface area contributed by atoms with Crippen LogP contribution in [-0.4, -0.2) is 36.1 Å². The molecule has 0 saturated carbocycles. The standard InChI is InChI=1S/C15H19N5/c1-12-2-4-13(5-3-12)19-14-10-15(18-11-17-14)20-8-6-16-7-9-20/h2-5,10-11,16H,6-9H2,1H3,(H,17,18,19). The molecule has 1 aromatic heterocycles. The Morgan fingerprint density at radius 2 is 1.85 bits per heavy atom. The third kappa shape index (κ3) is 3.05. The molecule has 1 aliphatic rings. The van der Waals surface area contributed by atoms with Crippen molar-refractivity contribution in [3.05, 3.63) is 42.2 Å². The highest BCUT2D eigenvalue weighted by Gasteiger charge is 2.12. The van der Waals surface area contributed by atoms with Gasteiger partial charge in [-0.05, 0) is 19.1 Å². The molecule has 0 radical (unpaired) electrons. The maximum atomic E-state index is 4.37. The average molecular weight is 269 g/mol. The van der Waals surface area contributed by atoms with E-state index >= 15 is 0 Å². The van der Waals surface area contributed by atoms with E-state index in [9.17, 15) is 0 Å². The molecule has 0 aliphatic carbocycles. The highest BCUT2D eigenvalue weighted by Crippen LogP contribution is 2.19. The first kappa shape index (κ1) is 12.9. The quantitative estimate of drug-likeness (QED) is 0.892.